The minimum atomic E-state index is -0.495. The van der Waals surface area contributed by atoms with Gasteiger partial charge in [0.15, 0.2) is 0 Å². The molecule has 1 aromatic carbocycles. The van der Waals surface area contributed by atoms with Gasteiger partial charge in [-0.2, -0.15) is 5.26 Å². The molecule has 0 bridgehead atoms. The van der Waals surface area contributed by atoms with Crippen molar-refractivity contribution in [2.24, 2.45) is 0 Å². The number of alkyl halides is 1. The molecule has 0 spiro atoms. The molecule has 0 aliphatic heterocycles. The van der Waals surface area contributed by atoms with E-state index in [1.165, 1.54) is 12.1 Å². The Morgan fingerprint density at radius 1 is 1.58 bits per heavy atom. The summed E-state index contributed by atoms with van der Waals surface area (Å²) in [5, 5.41) is 9.01. The highest BCUT2D eigenvalue weighted by atomic mass is 79.9. The van der Waals surface area contributed by atoms with E-state index < -0.39 is 5.82 Å². The van der Waals surface area contributed by atoms with Crippen LogP contribution in [0.4, 0.5) is 4.39 Å². The van der Waals surface area contributed by atoms with Crippen LogP contribution in [-0.4, -0.2) is 0 Å². The van der Waals surface area contributed by atoms with Gasteiger partial charge < -0.3 is 0 Å². The molecule has 1 rings (SSSR count). The van der Waals surface area contributed by atoms with E-state index in [1.54, 1.807) is 0 Å². The maximum atomic E-state index is 12.8. The van der Waals surface area contributed by atoms with Crippen LogP contribution in [-0.2, 0) is 5.33 Å². The molecule has 0 saturated heterocycles. The number of nitriles is 1. The van der Waals surface area contributed by atoms with E-state index in [1.807, 2.05) is 6.07 Å². The lowest BCUT2D eigenvalue weighted by Crippen LogP contribution is -1.90. The molecule has 0 radical (unpaired) electrons. The van der Waals surface area contributed by atoms with E-state index in [9.17, 15) is 4.39 Å². The topological polar surface area (TPSA) is 23.8 Å². The van der Waals surface area contributed by atoms with Crippen molar-refractivity contribution in [1.29, 1.82) is 5.26 Å². The minimum absolute atomic E-state index is 0.0194. The summed E-state index contributed by atoms with van der Waals surface area (Å²) in [5.74, 6) is -0.495. The maximum Gasteiger partial charge on any atom is 0.142 e. The van der Waals surface area contributed by atoms with Gasteiger partial charge in [-0.1, -0.05) is 27.5 Å². The molecule has 0 aliphatic carbocycles. The molecule has 0 N–H and O–H groups in total. The van der Waals surface area contributed by atoms with Gasteiger partial charge in [0.25, 0.3) is 0 Å². The highest BCUT2D eigenvalue weighted by Gasteiger charge is 2.09. The average molecular weight is 248 g/mol. The van der Waals surface area contributed by atoms with Crippen molar-refractivity contribution >= 4 is 27.5 Å². The quantitative estimate of drug-likeness (QED) is 0.700. The maximum absolute atomic E-state index is 12.8. The Morgan fingerprint density at radius 3 is 2.75 bits per heavy atom. The Morgan fingerprint density at radius 2 is 2.25 bits per heavy atom. The number of hydrogen-bond acceptors (Lipinski definition) is 1. The van der Waals surface area contributed by atoms with E-state index in [-0.39, 0.29) is 5.02 Å². The van der Waals surface area contributed by atoms with Gasteiger partial charge in [0.05, 0.1) is 16.7 Å². The summed E-state index contributed by atoms with van der Waals surface area (Å²) in [4.78, 5) is 0. The first kappa shape index (κ1) is 9.50. The number of hydrogen-bond donors (Lipinski definition) is 0. The predicted octanol–water partition coefficient (Wildman–Crippen LogP) is 3.25. The lowest BCUT2D eigenvalue weighted by molar-refractivity contribution is 0.627. The van der Waals surface area contributed by atoms with Gasteiger partial charge in [0.2, 0.25) is 0 Å². The Kier molecular flexibility index (Phi) is 3.07. The van der Waals surface area contributed by atoms with Crippen molar-refractivity contribution in [1.82, 2.24) is 0 Å². The highest BCUT2D eigenvalue weighted by molar-refractivity contribution is 9.08. The Bertz CT molecular complexity index is 346. The van der Waals surface area contributed by atoms with E-state index in [0.29, 0.717) is 16.5 Å². The fourth-order valence-electron chi connectivity index (χ4n) is 0.828. The molecule has 0 amide bonds. The van der Waals surface area contributed by atoms with Crippen LogP contribution in [0.25, 0.3) is 0 Å². The molecule has 0 saturated carbocycles. The summed E-state index contributed by atoms with van der Waals surface area (Å²) in [5.41, 5.74) is 0.900. The van der Waals surface area contributed by atoms with Gasteiger partial charge in [-0.05, 0) is 12.1 Å². The second kappa shape index (κ2) is 3.88. The lowest BCUT2D eigenvalue weighted by atomic mass is 10.1. The average Bonchev–Trinajstić information content (AvgIpc) is 2.09. The Balaban J connectivity index is 3.38. The molecule has 1 nitrogen and oxygen atoms in total. The van der Waals surface area contributed by atoms with Crippen LogP contribution in [0.5, 0.6) is 0 Å². The van der Waals surface area contributed by atoms with Gasteiger partial charge >= 0.3 is 0 Å². The third-order valence-corrected chi connectivity index (χ3v) is 2.42. The van der Waals surface area contributed by atoms with Gasteiger partial charge in [-0.15, -0.1) is 0 Å². The summed E-state index contributed by atoms with van der Waals surface area (Å²) >= 11 is 8.75. The second-order valence-corrected chi connectivity index (χ2v) is 3.07. The van der Waals surface area contributed by atoms with E-state index in [2.05, 4.69) is 15.9 Å². The fourth-order valence-corrected chi connectivity index (χ4v) is 1.80. The van der Waals surface area contributed by atoms with E-state index >= 15 is 0 Å². The summed E-state index contributed by atoms with van der Waals surface area (Å²) in [7, 11) is 0. The van der Waals surface area contributed by atoms with Crippen LogP contribution in [0, 0.1) is 17.1 Å². The standard InChI is InChI=1S/C8H4BrClFN/c9-3-6-5(4-12)1-2-7(11)8(6)10/h1-2H,3H2. The number of benzene rings is 1. The molecule has 0 unspecified atom stereocenters. The molecule has 0 aromatic heterocycles. The van der Waals surface area contributed by atoms with Crippen molar-refractivity contribution < 1.29 is 4.39 Å². The highest BCUT2D eigenvalue weighted by Crippen LogP contribution is 2.25. The molecule has 12 heavy (non-hydrogen) atoms. The molecule has 0 fully saturated rings. The molecule has 4 heteroatoms. The first-order valence-electron chi connectivity index (χ1n) is 3.13. The normalized spacial score (nSPS) is 9.50. The molecule has 1 aromatic rings. The van der Waals surface area contributed by atoms with Crippen LogP contribution in [0.1, 0.15) is 11.1 Å². The third kappa shape index (κ3) is 1.60. The van der Waals surface area contributed by atoms with Crippen molar-refractivity contribution in [3.63, 3.8) is 0 Å². The number of rotatable bonds is 1. The summed E-state index contributed by atoms with van der Waals surface area (Å²) < 4.78 is 12.8. The first-order valence-corrected chi connectivity index (χ1v) is 4.63. The Labute approximate surface area is 82.9 Å². The van der Waals surface area contributed by atoms with Gasteiger partial charge in [-0.3, -0.25) is 0 Å². The molecule has 62 valence electrons. The largest absolute Gasteiger partial charge is 0.205 e. The van der Waals surface area contributed by atoms with Crippen molar-refractivity contribution in [3.05, 3.63) is 34.1 Å². The zero-order valence-electron chi connectivity index (χ0n) is 5.94. The van der Waals surface area contributed by atoms with E-state index in [0.717, 1.165) is 0 Å². The van der Waals surface area contributed by atoms with Crippen LogP contribution in [0.3, 0.4) is 0 Å². The smallest absolute Gasteiger partial charge is 0.142 e. The zero-order chi connectivity index (χ0) is 9.14. The predicted molar refractivity (Wildman–Crippen MR) is 48.8 cm³/mol. The van der Waals surface area contributed by atoms with Crippen molar-refractivity contribution in [2.75, 3.05) is 0 Å². The lowest BCUT2D eigenvalue weighted by Gasteiger charge is -2.02. The molecule has 0 aliphatic rings. The Hall–Kier alpha value is -0.590. The van der Waals surface area contributed by atoms with Crippen LogP contribution < -0.4 is 0 Å². The molecule has 0 heterocycles. The second-order valence-electron chi connectivity index (χ2n) is 2.13. The summed E-state index contributed by atoms with van der Waals surface area (Å²) in [6.45, 7) is 0. The third-order valence-electron chi connectivity index (χ3n) is 1.45. The van der Waals surface area contributed by atoms with Gasteiger partial charge in [0.1, 0.15) is 5.82 Å². The van der Waals surface area contributed by atoms with Crippen molar-refractivity contribution in [3.8, 4) is 6.07 Å². The van der Waals surface area contributed by atoms with Crippen LogP contribution in [0.15, 0.2) is 12.1 Å². The molecular weight excluding hydrogens is 244 g/mol. The van der Waals surface area contributed by atoms with Gasteiger partial charge in [0, 0.05) is 10.9 Å². The summed E-state index contributed by atoms with van der Waals surface area (Å²) in [6, 6.07) is 4.54. The summed E-state index contributed by atoms with van der Waals surface area (Å²) in [6.07, 6.45) is 0. The minimum Gasteiger partial charge on any atom is -0.205 e. The zero-order valence-corrected chi connectivity index (χ0v) is 8.28. The van der Waals surface area contributed by atoms with Crippen LogP contribution in [0.2, 0.25) is 5.02 Å². The number of nitrogens with zero attached hydrogens (tertiary/aromatic N) is 1. The molecule has 0 atom stereocenters. The molecular formula is C8H4BrClFN. The van der Waals surface area contributed by atoms with Crippen molar-refractivity contribution in [2.45, 2.75) is 5.33 Å². The van der Waals surface area contributed by atoms with Crippen LogP contribution >= 0.6 is 27.5 Å². The monoisotopic (exact) mass is 247 g/mol. The first-order chi connectivity index (χ1) is 5.70. The van der Waals surface area contributed by atoms with E-state index in [4.69, 9.17) is 16.9 Å². The number of halogens is 3. The van der Waals surface area contributed by atoms with Gasteiger partial charge in [-0.25, -0.2) is 4.39 Å². The SMILES string of the molecule is N#Cc1ccc(F)c(Cl)c1CBr. The fraction of sp³-hybridized carbons (Fsp3) is 0.125.